The lowest BCUT2D eigenvalue weighted by Crippen LogP contribution is -2.07. The zero-order valence-corrected chi connectivity index (χ0v) is 12.1. The molecule has 5 nitrogen and oxygen atoms in total. The molecule has 0 radical (unpaired) electrons. The van der Waals surface area contributed by atoms with Crippen molar-refractivity contribution in [3.05, 3.63) is 16.9 Å². The van der Waals surface area contributed by atoms with Gasteiger partial charge in [0.2, 0.25) is 5.50 Å². The minimum atomic E-state index is -4.47. The molecule has 1 aromatic heterocycles. The number of carbonyl (C=O) groups excluding carboxylic acids is 1. The predicted molar refractivity (Wildman–Crippen MR) is 70.8 cm³/mol. The molecule has 0 amide bonds. The Bertz CT molecular complexity index is 535. The summed E-state index contributed by atoms with van der Waals surface area (Å²) in [6.45, 7) is 3.67. The quantitative estimate of drug-likeness (QED) is 0.618. The molecule has 1 fully saturated rings. The number of ketones is 1. The average molecular weight is 286 g/mol. The van der Waals surface area contributed by atoms with E-state index < -0.39 is 7.60 Å². The van der Waals surface area contributed by atoms with E-state index in [1.165, 1.54) is 0 Å². The average Bonchev–Trinajstić information content (AvgIpc) is 3.04. The first-order valence-electron chi connectivity index (χ1n) is 6.62. The molecule has 0 unspecified atom stereocenters. The van der Waals surface area contributed by atoms with Crippen molar-refractivity contribution in [2.45, 2.75) is 46.0 Å². The summed E-state index contributed by atoms with van der Waals surface area (Å²) in [6.07, 6.45) is 3.52. The number of hydrogen-bond acceptors (Lipinski definition) is 3. The maximum Gasteiger partial charge on any atom is 0.391 e. The molecule has 6 heteroatoms. The maximum atomic E-state index is 12.1. The number of rotatable bonds is 6. The van der Waals surface area contributed by atoms with Crippen LogP contribution in [0.1, 0.15) is 54.8 Å². The van der Waals surface area contributed by atoms with E-state index in [0.29, 0.717) is 36.3 Å². The molecule has 1 heterocycles. The SMILES string of the molecule is CCc1c(C(=O)CC2CC2)oc(P(=O)(O)O)c1CC. The van der Waals surface area contributed by atoms with Crippen LogP contribution < -0.4 is 5.50 Å². The highest BCUT2D eigenvalue weighted by atomic mass is 31.2. The Labute approximate surface area is 112 Å². The minimum absolute atomic E-state index is 0.131. The van der Waals surface area contributed by atoms with Gasteiger partial charge in [0.25, 0.3) is 0 Å². The summed E-state index contributed by atoms with van der Waals surface area (Å²) in [5, 5.41) is 0. The Balaban J connectivity index is 2.44. The van der Waals surface area contributed by atoms with E-state index in [1.807, 2.05) is 6.92 Å². The molecule has 0 aromatic carbocycles. The van der Waals surface area contributed by atoms with Crippen LogP contribution >= 0.6 is 7.60 Å². The molecule has 106 valence electrons. The van der Waals surface area contributed by atoms with Gasteiger partial charge < -0.3 is 14.2 Å². The smallest absolute Gasteiger partial charge is 0.391 e. The highest BCUT2D eigenvalue weighted by molar-refractivity contribution is 7.59. The van der Waals surface area contributed by atoms with Gasteiger partial charge in [-0.3, -0.25) is 9.36 Å². The van der Waals surface area contributed by atoms with Gasteiger partial charge in [-0.1, -0.05) is 13.8 Å². The summed E-state index contributed by atoms with van der Waals surface area (Å²) in [5.41, 5.74) is 0.826. The van der Waals surface area contributed by atoms with Crippen molar-refractivity contribution in [2.75, 3.05) is 0 Å². The van der Waals surface area contributed by atoms with Crippen LogP contribution in [0.5, 0.6) is 0 Å². The molecule has 0 saturated heterocycles. The maximum absolute atomic E-state index is 12.1. The molecule has 0 atom stereocenters. The molecule has 1 aromatic rings. The fraction of sp³-hybridized carbons (Fsp3) is 0.615. The Hall–Kier alpha value is -0.900. The number of carbonyl (C=O) groups is 1. The summed E-state index contributed by atoms with van der Waals surface area (Å²) in [6, 6.07) is 0. The molecular weight excluding hydrogens is 267 g/mol. The lowest BCUT2D eigenvalue weighted by molar-refractivity contribution is 0.0949. The highest BCUT2D eigenvalue weighted by Gasteiger charge is 2.34. The van der Waals surface area contributed by atoms with Gasteiger partial charge in [0, 0.05) is 17.5 Å². The van der Waals surface area contributed by atoms with Gasteiger partial charge in [-0.25, -0.2) is 0 Å². The van der Waals surface area contributed by atoms with E-state index in [9.17, 15) is 19.1 Å². The predicted octanol–water partition coefficient (Wildman–Crippen LogP) is 2.19. The highest BCUT2D eigenvalue weighted by Crippen LogP contribution is 2.39. The molecule has 1 aliphatic rings. The van der Waals surface area contributed by atoms with Gasteiger partial charge in [-0.15, -0.1) is 0 Å². The van der Waals surface area contributed by atoms with Crippen molar-refractivity contribution < 1.29 is 23.6 Å². The number of Topliss-reactive ketones (excluding diaryl/α,β-unsaturated/α-hetero) is 1. The summed E-state index contributed by atoms with van der Waals surface area (Å²) >= 11 is 0. The first-order chi connectivity index (χ1) is 8.88. The fourth-order valence-corrected chi connectivity index (χ4v) is 3.22. The van der Waals surface area contributed by atoms with E-state index in [0.717, 1.165) is 12.8 Å². The number of furan rings is 1. The second-order valence-corrected chi connectivity index (χ2v) is 6.51. The van der Waals surface area contributed by atoms with Gasteiger partial charge in [0.15, 0.2) is 11.5 Å². The van der Waals surface area contributed by atoms with Crippen LogP contribution in [0.2, 0.25) is 0 Å². The fourth-order valence-electron chi connectivity index (χ4n) is 2.36. The summed E-state index contributed by atoms with van der Waals surface area (Å²) in [4.78, 5) is 30.8. The third-order valence-electron chi connectivity index (χ3n) is 3.49. The van der Waals surface area contributed by atoms with Crippen molar-refractivity contribution in [2.24, 2.45) is 5.92 Å². The molecule has 2 rings (SSSR count). The van der Waals surface area contributed by atoms with Crippen LogP contribution in [0.4, 0.5) is 0 Å². The van der Waals surface area contributed by atoms with Crippen LogP contribution in [0.15, 0.2) is 4.42 Å². The zero-order valence-electron chi connectivity index (χ0n) is 11.2. The van der Waals surface area contributed by atoms with E-state index in [4.69, 9.17) is 4.42 Å². The lowest BCUT2D eigenvalue weighted by atomic mass is 10.0. The first-order valence-corrected chi connectivity index (χ1v) is 8.23. The Morgan fingerprint density at radius 1 is 1.26 bits per heavy atom. The summed E-state index contributed by atoms with van der Waals surface area (Å²) in [7, 11) is -4.47. The molecule has 2 N–H and O–H groups in total. The third-order valence-corrected chi connectivity index (χ3v) is 4.38. The topological polar surface area (TPSA) is 87.7 Å². The van der Waals surface area contributed by atoms with E-state index >= 15 is 0 Å². The Morgan fingerprint density at radius 3 is 2.26 bits per heavy atom. The van der Waals surface area contributed by atoms with E-state index in [2.05, 4.69) is 0 Å². The Kier molecular flexibility index (Phi) is 4.00. The number of hydrogen-bond donors (Lipinski definition) is 2. The zero-order chi connectivity index (χ0) is 14.2. The van der Waals surface area contributed by atoms with Crippen LogP contribution in [0.3, 0.4) is 0 Å². The molecule has 0 bridgehead atoms. The van der Waals surface area contributed by atoms with Gasteiger partial charge in [-0.2, -0.15) is 0 Å². The van der Waals surface area contributed by atoms with Crippen LogP contribution in [-0.4, -0.2) is 15.6 Å². The largest absolute Gasteiger partial charge is 0.444 e. The van der Waals surface area contributed by atoms with Crippen molar-refractivity contribution in [3.63, 3.8) is 0 Å². The van der Waals surface area contributed by atoms with Crippen molar-refractivity contribution in [1.29, 1.82) is 0 Å². The molecule has 1 aliphatic carbocycles. The summed E-state index contributed by atoms with van der Waals surface area (Å²) in [5.74, 6) is 0.448. The normalized spacial score (nSPS) is 15.8. The van der Waals surface area contributed by atoms with Gasteiger partial charge in [-0.05, 0) is 31.6 Å². The minimum Gasteiger partial charge on any atom is -0.444 e. The molecule has 1 saturated carbocycles. The van der Waals surface area contributed by atoms with Crippen LogP contribution in [0.25, 0.3) is 0 Å². The van der Waals surface area contributed by atoms with Gasteiger partial charge in [0.1, 0.15) is 0 Å². The standard InChI is InChI=1S/C13H19O5P/c1-3-9-10(4-2)13(19(15,16)17)18-12(9)11(14)7-8-5-6-8/h8H,3-7H2,1-2H3,(H2,15,16,17). The third kappa shape index (κ3) is 2.99. The van der Waals surface area contributed by atoms with Gasteiger partial charge in [0.05, 0.1) is 0 Å². The first kappa shape index (κ1) is 14.5. The van der Waals surface area contributed by atoms with E-state index in [1.54, 1.807) is 6.92 Å². The molecule has 19 heavy (non-hydrogen) atoms. The van der Waals surface area contributed by atoms with Crippen molar-refractivity contribution >= 4 is 18.9 Å². The van der Waals surface area contributed by atoms with Crippen LogP contribution in [0, 0.1) is 5.92 Å². The van der Waals surface area contributed by atoms with E-state index in [-0.39, 0.29) is 17.0 Å². The second-order valence-electron chi connectivity index (χ2n) is 5.02. The molecule has 0 aliphatic heterocycles. The van der Waals surface area contributed by atoms with Crippen molar-refractivity contribution in [3.8, 4) is 0 Å². The van der Waals surface area contributed by atoms with Crippen LogP contribution in [-0.2, 0) is 17.4 Å². The lowest BCUT2D eigenvalue weighted by Gasteiger charge is -2.02. The molecule has 0 spiro atoms. The van der Waals surface area contributed by atoms with Crippen molar-refractivity contribution in [1.82, 2.24) is 0 Å². The van der Waals surface area contributed by atoms with Gasteiger partial charge >= 0.3 is 7.60 Å². The summed E-state index contributed by atoms with van der Waals surface area (Å²) < 4.78 is 16.7. The second kappa shape index (κ2) is 5.23. The molecular formula is C13H19O5P. The Morgan fingerprint density at radius 2 is 1.84 bits per heavy atom. The monoisotopic (exact) mass is 286 g/mol.